The van der Waals surface area contributed by atoms with E-state index >= 15 is 0 Å². The fourth-order valence-electron chi connectivity index (χ4n) is 4.51. The zero-order valence-corrected chi connectivity index (χ0v) is 14.8. The lowest BCUT2D eigenvalue weighted by Crippen LogP contribution is -2.57. The van der Waals surface area contributed by atoms with Gasteiger partial charge in [0.2, 0.25) is 6.79 Å². The zero-order chi connectivity index (χ0) is 18.8. The van der Waals surface area contributed by atoms with Crippen LogP contribution in [0.4, 0.5) is 0 Å². The van der Waals surface area contributed by atoms with Crippen LogP contribution in [0.1, 0.15) is 22.9 Å². The molecule has 140 valence electrons. The molecule has 3 aliphatic rings. The summed E-state index contributed by atoms with van der Waals surface area (Å²) in [7, 11) is 0. The second-order valence-electron chi connectivity index (χ2n) is 7.21. The quantitative estimate of drug-likeness (QED) is 0.659. The molecule has 0 saturated carbocycles. The summed E-state index contributed by atoms with van der Waals surface area (Å²) in [5.74, 6) is 0.763. The molecule has 6 rings (SSSR count). The number of aromatic nitrogens is 1. The largest absolute Gasteiger partial charge is 0.454 e. The Hall–Kier alpha value is -3.48. The number of esters is 1. The molecule has 1 fully saturated rings. The molecule has 7 nitrogen and oxygen atoms in total. The number of cyclic esters (lactones) is 1. The maximum absolute atomic E-state index is 12.8. The van der Waals surface area contributed by atoms with Crippen LogP contribution < -0.4 is 9.47 Å². The lowest BCUT2D eigenvalue weighted by molar-refractivity contribution is -0.171. The summed E-state index contributed by atoms with van der Waals surface area (Å²) in [6.07, 6.45) is 0.435. The van der Waals surface area contributed by atoms with E-state index in [1.54, 1.807) is 4.90 Å². The SMILES string of the molecule is O=C1OCC(=O)N2C1Cc1c([nH]c3ccccc13)C2c1ccc2c(c1)OCO2. The van der Waals surface area contributed by atoms with Crippen LogP contribution in [0.15, 0.2) is 42.5 Å². The van der Waals surface area contributed by atoms with Crippen molar-refractivity contribution in [2.45, 2.75) is 18.5 Å². The van der Waals surface area contributed by atoms with Crippen molar-refractivity contribution in [1.82, 2.24) is 9.88 Å². The second kappa shape index (κ2) is 5.51. The molecule has 7 heteroatoms. The highest BCUT2D eigenvalue weighted by molar-refractivity contribution is 5.94. The van der Waals surface area contributed by atoms with Crippen molar-refractivity contribution < 1.29 is 23.8 Å². The van der Waals surface area contributed by atoms with E-state index < -0.39 is 12.1 Å². The van der Waals surface area contributed by atoms with Crippen LogP contribution in [-0.4, -0.2) is 41.2 Å². The molecule has 1 aromatic heterocycles. The van der Waals surface area contributed by atoms with E-state index in [-0.39, 0.29) is 25.3 Å². The fraction of sp³-hybridized carbons (Fsp3) is 0.238. The van der Waals surface area contributed by atoms with Crippen molar-refractivity contribution in [3.63, 3.8) is 0 Å². The molecule has 1 amide bonds. The molecule has 0 bridgehead atoms. The van der Waals surface area contributed by atoms with E-state index in [9.17, 15) is 9.59 Å². The number of carbonyl (C=O) groups excluding carboxylic acids is 2. The van der Waals surface area contributed by atoms with Crippen LogP contribution in [0.5, 0.6) is 11.5 Å². The number of fused-ring (bicyclic) bond motifs is 5. The van der Waals surface area contributed by atoms with Gasteiger partial charge in [0.25, 0.3) is 5.91 Å². The average molecular weight is 376 g/mol. The highest BCUT2D eigenvalue weighted by atomic mass is 16.7. The van der Waals surface area contributed by atoms with Crippen LogP contribution in [0.3, 0.4) is 0 Å². The first kappa shape index (κ1) is 15.6. The van der Waals surface area contributed by atoms with Crippen LogP contribution >= 0.6 is 0 Å². The molecule has 2 atom stereocenters. The van der Waals surface area contributed by atoms with Gasteiger partial charge in [0, 0.05) is 23.0 Å². The number of nitrogens with zero attached hydrogens (tertiary/aromatic N) is 1. The molecule has 3 aromatic rings. The van der Waals surface area contributed by atoms with Gasteiger partial charge in [-0.3, -0.25) is 4.79 Å². The fourth-order valence-corrected chi connectivity index (χ4v) is 4.51. The number of aromatic amines is 1. The van der Waals surface area contributed by atoms with Crippen molar-refractivity contribution in [3.8, 4) is 11.5 Å². The van der Waals surface area contributed by atoms with E-state index in [0.29, 0.717) is 17.9 Å². The van der Waals surface area contributed by atoms with Crippen molar-refractivity contribution in [2.24, 2.45) is 0 Å². The number of amides is 1. The molecule has 28 heavy (non-hydrogen) atoms. The molecule has 1 N–H and O–H groups in total. The topological polar surface area (TPSA) is 80.9 Å². The zero-order valence-electron chi connectivity index (χ0n) is 14.8. The number of H-pyrrole nitrogens is 1. The predicted molar refractivity (Wildman–Crippen MR) is 98.0 cm³/mol. The van der Waals surface area contributed by atoms with E-state index in [1.165, 1.54) is 0 Å². The van der Waals surface area contributed by atoms with Crippen LogP contribution in [-0.2, 0) is 20.7 Å². The van der Waals surface area contributed by atoms with Gasteiger partial charge in [-0.25, -0.2) is 4.79 Å². The number of para-hydroxylation sites is 1. The Morgan fingerprint density at radius 1 is 1.00 bits per heavy atom. The van der Waals surface area contributed by atoms with E-state index in [1.807, 2.05) is 42.5 Å². The van der Waals surface area contributed by atoms with Crippen molar-refractivity contribution >= 4 is 22.8 Å². The minimum absolute atomic E-state index is 0.179. The third kappa shape index (κ3) is 2.04. The molecule has 2 aromatic carbocycles. The first-order chi connectivity index (χ1) is 13.7. The number of carbonyl (C=O) groups is 2. The van der Waals surface area contributed by atoms with Crippen molar-refractivity contribution in [2.75, 3.05) is 13.4 Å². The molecule has 0 aliphatic carbocycles. The lowest BCUT2D eigenvalue weighted by atomic mass is 9.87. The maximum atomic E-state index is 12.8. The average Bonchev–Trinajstić information content (AvgIpc) is 3.33. The molecule has 0 spiro atoms. The minimum atomic E-state index is -0.636. The molecule has 3 aliphatic heterocycles. The Bertz CT molecular complexity index is 1150. The first-order valence-corrected chi connectivity index (χ1v) is 9.17. The molecular weight excluding hydrogens is 360 g/mol. The number of ether oxygens (including phenoxy) is 3. The Kier molecular flexibility index (Phi) is 3.06. The number of benzene rings is 2. The Morgan fingerprint density at radius 2 is 1.86 bits per heavy atom. The summed E-state index contributed by atoms with van der Waals surface area (Å²) in [5.41, 5.74) is 3.83. The maximum Gasteiger partial charge on any atom is 0.329 e. The Labute approximate surface area is 159 Å². The van der Waals surface area contributed by atoms with Crippen molar-refractivity contribution in [3.05, 3.63) is 59.3 Å². The summed E-state index contributed by atoms with van der Waals surface area (Å²) in [4.78, 5) is 30.5. The van der Waals surface area contributed by atoms with Crippen LogP contribution in [0.25, 0.3) is 10.9 Å². The van der Waals surface area contributed by atoms with Crippen LogP contribution in [0, 0.1) is 0 Å². The standard InChI is InChI=1S/C21H16N2O5/c24-18-9-26-21(25)15-8-13-12-3-1-2-4-14(12)22-19(13)20(23(15)18)11-5-6-16-17(7-11)28-10-27-16/h1-7,15,20,22H,8-10H2. The van der Waals surface area contributed by atoms with Gasteiger partial charge in [0.05, 0.1) is 6.04 Å². The third-order valence-electron chi connectivity index (χ3n) is 5.74. The highest BCUT2D eigenvalue weighted by Gasteiger charge is 2.47. The highest BCUT2D eigenvalue weighted by Crippen LogP contribution is 2.44. The van der Waals surface area contributed by atoms with Gasteiger partial charge in [-0.05, 0) is 29.3 Å². The van der Waals surface area contributed by atoms with Gasteiger partial charge < -0.3 is 24.1 Å². The monoisotopic (exact) mass is 376 g/mol. The Balaban J connectivity index is 1.60. The van der Waals surface area contributed by atoms with E-state index in [0.717, 1.165) is 27.7 Å². The number of hydrogen-bond acceptors (Lipinski definition) is 5. The Morgan fingerprint density at radius 3 is 2.79 bits per heavy atom. The summed E-state index contributed by atoms with van der Waals surface area (Å²) >= 11 is 0. The first-order valence-electron chi connectivity index (χ1n) is 9.17. The van der Waals surface area contributed by atoms with Gasteiger partial charge in [0.15, 0.2) is 18.1 Å². The smallest absolute Gasteiger partial charge is 0.329 e. The normalized spacial score (nSPS) is 22.8. The van der Waals surface area contributed by atoms with Crippen LogP contribution in [0.2, 0.25) is 0 Å². The van der Waals surface area contributed by atoms with Gasteiger partial charge in [-0.1, -0.05) is 24.3 Å². The minimum Gasteiger partial charge on any atom is -0.454 e. The summed E-state index contributed by atoms with van der Waals surface area (Å²) in [6.45, 7) is -0.0510. The number of hydrogen-bond donors (Lipinski definition) is 1. The van der Waals surface area contributed by atoms with E-state index in [4.69, 9.17) is 14.2 Å². The predicted octanol–water partition coefficient (Wildman–Crippen LogP) is 2.30. The summed E-state index contributed by atoms with van der Waals surface area (Å²) < 4.78 is 16.1. The number of nitrogens with one attached hydrogen (secondary N) is 1. The molecule has 4 heterocycles. The van der Waals surface area contributed by atoms with Gasteiger partial charge >= 0.3 is 5.97 Å². The lowest BCUT2D eigenvalue weighted by Gasteiger charge is -2.43. The third-order valence-corrected chi connectivity index (χ3v) is 5.74. The van der Waals surface area contributed by atoms with E-state index in [2.05, 4.69) is 4.98 Å². The molecule has 1 saturated heterocycles. The summed E-state index contributed by atoms with van der Waals surface area (Å²) in [6, 6.07) is 12.6. The molecule has 0 radical (unpaired) electrons. The molecular formula is C21H16N2O5. The summed E-state index contributed by atoms with van der Waals surface area (Å²) in [5, 5.41) is 1.06. The van der Waals surface area contributed by atoms with Gasteiger partial charge in [-0.15, -0.1) is 0 Å². The molecule has 2 unspecified atom stereocenters. The number of rotatable bonds is 1. The second-order valence-corrected chi connectivity index (χ2v) is 7.21. The van der Waals surface area contributed by atoms with Crippen molar-refractivity contribution in [1.29, 1.82) is 0 Å². The van der Waals surface area contributed by atoms with Gasteiger partial charge in [0.1, 0.15) is 6.04 Å². The van der Waals surface area contributed by atoms with Gasteiger partial charge in [-0.2, -0.15) is 0 Å². The number of morpholine rings is 1.